The van der Waals surface area contributed by atoms with Gasteiger partial charge in [0.2, 0.25) is 0 Å². The highest BCUT2D eigenvalue weighted by atomic mass is 16.6. The Labute approximate surface area is 192 Å². The van der Waals surface area contributed by atoms with Crippen molar-refractivity contribution in [3.63, 3.8) is 0 Å². The first-order valence-electron chi connectivity index (χ1n) is 11.4. The number of ether oxygens (including phenoxy) is 1. The summed E-state index contributed by atoms with van der Waals surface area (Å²) >= 11 is 0. The highest BCUT2D eigenvalue weighted by molar-refractivity contribution is 6.09. The quantitative estimate of drug-likeness (QED) is 0.489. The topological polar surface area (TPSA) is 114 Å². The highest BCUT2D eigenvalue weighted by Gasteiger charge is 2.24. The van der Waals surface area contributed by atoms with Crippen LogP contribution in [0.25, 0.3) is 0 Å². The molecule has 2 aliphatic heterocycles. The van der Waals surface area contributed by atoms with E-state index in [4.69, 9.17) is 4.74 Å². The molecule has 33 heavy (non-hydrogen) atoms. The lowest BCUT2D eigenvalue weighted by Gasteiger charge is -2.28. The summed E-state index contributed by atoms with van der Waals surface area (Å²) in [4.78, 5) is 38.9. The molecule has 2 saturated heterocycles. The number of piperidine rings is 1. The number of amides is 2. The van der Waals surface area contributed by atoms with Crippen molar-refractivity contribution in [2.45, 2.75) is 38.2 Å². The molecule has 0 radical (unpaired) electrons. The minimum Gasteiger partial charge on any atom is -0.376 e. The summed E-state index contributed by atoms with van der Waals surface area (Å²) in [5.41, 5.74) is 1.27. The maximum Gasteiger partial charge on any atom is 0.293 e. The minimum absolute atomic E-state index is 0.00895. The zero-order valence-electron chi connectivity index (χ0n) is 18.4. The van der Waals surface area contributed by atoms with E-state index in [2.05, 4.69) is 10.6 Å². The van der Waals surface area contributed by atoms with Gasteiger partial charge in [-0.1, -0.05) is 12.1 Å². The molecular formula is C24H28N4O5. The zero-order valence-corrected chi connectivity index (χ0v) is 18.4. The van der Waals surface area contributed by atoms with Crippen LogP contribution in [0.5, 0.6) is 0 Å². The maximum absolute atomic E-state index is 12.9. The fraction of sp³-hybridized carbons (Fsp3) is 0.417. The molecule has 1 atom stereocenters. The van der Waals surface area contributed by atoms with Gasteiger partial charge in [-0.15, -0.1) is 0 Å². The molecule has 9 nitrogen and oxygen atoms in total. The van der Waals surface area contributed by atoms with Crippen molar-refractivity contribution in [3.8, 4) is 0 Å². The van der Waals surface area contributed by atoms with Crippen molar-refractivity contribution in [2.75, 3.05) is 36.5 Å². The molecule has 0 bridgehead atoms. The molecule has 2 heterocycles. The van der Waals surface area contributed by atoms with Gasteiger partial charge in [0.1, 0.15) is 5.69 Å². The van der Waals surface area contributed by atoms with E-state index in [9.17, 15) is 19.7 Å². The van der Waals surface area contributed by atoms with Crippen LogP contribution in [0.1, 0.15) is 52.8 Å². The number of hydrogen-bond acceptors (Lipinski definition) is 6. The molecule has 0 aromatic heterocycles. The van der Waals surface area contributed by atoms with Crippen LogP contribution in [0, 0.1) is 10.1 Å². The lowest BCUT2D eigenvalue weighted by Crippen LogP contribution is -2.32. The second kappa shape index (κ2) is 10.4. The van der Waals surface area contributed by atoms with Crippen LogP contribution in [0.3, 0.4) is 0 Å². The molecule has 0 spiro atoms. The van der Waals surface area contributed by atoms with Crippen LogP contribution in [-0.4, -0.2) is 49.1 Å². The average molecular weight is 453 g/mol. The molecule has 2 amide bonds. The summed E-state index contributed by atoms with van der Waals surface area (Å²) in [6, 6.07) is 11.2. The summed E-state index contributed by atoms with van der Waals surface area (Å²) < 4.78 is 5.53. The number of nitro benzene ring substituents is 1. The third-order valence-electron chi connectivity index (χ3n) is 6.07. The zero-order chi connectivity index (χ0) is 23.2. The van der Waals surface area contributed by atoms with Crippen LogP contribution in [0.4, 0.5) is 17.1 Å². The number of nitro groups is 1. The van der Waals surface area contributed by atoms with E-state index in [1.165, 1.54) is 6.07 Å². The van der Waals surface area contributed by atoms with E-state index < -0.39 is 10.8 Å². The molecule has 9 heteroatoms. The summed E-state index contributed by atoms with van der Waals surface area (Å²) in [5.74, 6) is -0.824. The predicted octanol–water partition coefficient (Wildman–Crippen LogP) is 3.75. The van der Waals surface area contributed by atoms with Gasteiger partial charge in [0.05, 0.1) is 22.3 Å². The van der Waals surface area contributed by atoms with E-state index >= 15 is 0 Å². The SMILES string of the molecule is O=C(Nc1ccccc1C(=O)NCC1CCCO1)c1ccc(N2CCCCC2)c([N+](=O)[O-])c1. The Bertz CT molecular complexity index is 1030. The van der Waals surface area contributed by atoms with E-state index in [1.54, 1.807) is 36.4 Å². The molecule has 0 saturated carbocycles. The average Bonchev–Trinajstić information content (AvgIpc) is 3.37. The van der Waals surface area contributed by atoms with Crippen molar-refractivity contribution >= 4 is 28.9 Å². The van der Waals surface area contributed by atoms with Gasteiger partial charge in [0, 0.05) is 37.9 Å². The Balaban J connectivity index is 1.49. The normalized spacial score (nSPS) is 18.1. The van der Waals surface area contributed by atoms with E-state index in [-0.39, 0.29) is 23.3 Å². The lowest BCUT2D eigenvalue weighted by molar-refractivity contribution is -0.384. The number of carbonyl (C=O) groups is 2. The number of hydrogen-bond donors (Lipinski definition) is 2. The van der Waals surface area contributed by atoms with Crippen molar-refractivity contribution in [1.82, 2.24) is 5.32 Å². The number of rotatable bonds is 7. The van der Waals surface area contributed by atoms with Gasteiger partial charge in [-0.25, -0.2) is 0 Å². The third-order valence-corrected chi connectivity index (χ3v) is 6.07. The molecule has 0 aliphatic carbocycles. The van der Waals surface area contributed by atoms with Gasteiger partial charge in [0.25, 0.3) is 17.5 Å². The first-order chi connectivity index (χ1) is 16.0. The first kappa shape index (κ1) is 22.7. The summed E-state index contributed by atoms with van der Waals surface area (Å²) in [7, 11) is 0. The van der Waals surface area contributed by atoms with Gasteiger partial charge in [0.15, 0.2) is 0 Å². The van der Waals surface area contributed by atoms with E-state index in [1.807, 2.05) is 4.90 Å². The molecule has 2 N–H and O–H groups in total. The second-order valence-corrected chi connectivity index (χ2v) is 8.35. The van der Waals surface area contributed by atoms with Crippen LogP contribution < -0.4 is 15.5 Å². The van der Waals surface area contributed by atoms with E-state index in [0.29, 0.717) is 30.1 Å². The van der Waals surface area contributed by atoms with Crippen molar-refractivity contribution in [3.05, 3.63) is 63.7 Å². The molecule has 2 fully saturated rings. The third kappa shape index (κ3) is 5.48. The van der Waals surface area contributed by atoms with E-state index in [0.717, 1.165) is 45.2 Å². The summed E-state index contributed by atoms with van der Waals surface area (Å²) in [6.45, 7) is 2.64. The largest absolute Gasteiger partial charge is 0.376 e. The molecule has 2 aromatic rings. The molecule has 174 valence electrons. The Morgan fingerprint density at radius 2 is 1.85 bits per heavy atom. The smallest absolute Gasteiger partial charge is 0.293 e. The fourth-order valence-electron chi connectivity index (χ4n) is 4.30. The van der Waals surface area contributed by atoms with Crippen LogP contribution in [0.2, 0.25) is 0 Å². The number of nitrogens with zero attached hydrogens (tertiary/aromatic N) is 2. The molecule has 2 aromatic carbocycles. The molecular weight excluding hydrogens is 424 g/mol. The maximum atomic E-state index is 12.9. The second-order valence-electron chi connectivity index (χ2n) is 8.35. The van der Waals surface area contributed by atoms with Crippen molar-refractivity contribution in [1.29, 1.82) is 0 Å². The number of anilines is 2. The Hall–Kier alpha value is -3.46. The first-order valence-corrected chi connectivity index (χ1v) is 11.4. The Morgan fingerprint density at radius 1 is 1.06 bits per heavy atom. The minimum atomic E-state index is -0.511. The fourth-order valence-corrected chi connectivity index (χ4v) is 4.30. The standard InChI is InChI=1S/C24H28N4O5/c29-23(17-10-11-21(22(15-17)28(31)32)27-12-4-1-5-13-27)26-20-9-3-2-8-19(20)24(30)25-16-18-7-6-14-33-18/h2-3,8-11,15,18H,1,4-7,12-14,16H2,(H,25,30)(H,26,29). The van der Waals surface area contributed by atoms with Crippen molar-refractivity contribution < 1.29 is 19.2 Å². The molecule has 1 unspecified atom stereocenters. The van der Waals surface area contributed by atoms with Gasteiger partial charge in [-0.05, 0) is 56.4 Å². The van der Waals surface area contributed by atoms with Gasteiger partial charge < -0.3 is 20.3 Å². The molecule has 2 aliphatic rings. The Kier molecular flexibility index (Phi) is 7.19. The van der Waals surface area contributed by atoms with Crippen LogP contribution in [-0.2, 0) is 4.74 Å². The monoisotopic (exact) mass is 452 g/mol. The number of para-hydroxylation sites is 1. The Morgan fingerprint density at radius 3 is 2.58 bits per heavy atom. The number of carbonyl (C=O) groups excluding carboxylic acids is 2. The lowest BCUT2D eigenvalue weighted by atomic mass is 10.1. The van der Waals surface area contributed by atoms with Crippen molar-refractivity contribution in [2.24, 2.45) is 0 Å². The highest BCUT2D eigenvalue weighted by Crippen LogP contribution is 2.31. The molecule has 4 rings (SSSR count). The number of benzene rings is 2. The summed E-state index contributed by atoms with van der Waals surface area (Å²) in [5, 5.41) is 17.3. The predicted molar refractivity (Wildman–Crippen MR) is 125 cm³/mol. The number of nitrogens with one attached hydrogen (secondary N) is 2. The van der Waals surface area contributed by atoms with Crippen LogP contribution in [0.15, 0.2) is 42.5 Å². The van der Waals surface area contributed by atoms with Gasteiger partial charge in [-0.3, -0.25) is 19.7 Å². The summed E-state index contributed by atoms with van der Waals surface area (Å²) in [6.07, 6.45) is 5.00. The van der Waals surface area contributed by atoms with Gasteiger partial charge in [-0.2, -0.15) is 0 Å². The van der Waals surface area contributed by atoms with Gasteiger partial charge >= 0.3 is 0 Å². The van der Waals surface area contributed by atoms with Crippen LogP contribution >= 0.6 is 0 Å².